The number of nitrogens with one attached hydrogen (secondary N) is 2. The normalized spacial score (nSPS) is 32.8. The molecule has 0 aromatic heterocycles. The number of alkyl halides is 1. The van der Waals surface area contributed by atoms with Gasteiger partial charge in [0, 0.05) is 17.3 Å². The van der Waals surface area contributed by atoms with Crippen LogP contribution in [0, 0.1) is 17.3 Å². The third-order valence-electron chi connectivity index (χ3n) is 6.74. The molecule has 4 aliphatic rings. The van der Waals surface area contributed by atoms with Gasteiger partial charge in [0.25, 0.3) is 0 Å². The predicted octanol–water partition coefficient (Wildman–Crippen LogP) is 3.55. The quantitative estimate of drug-likeness (QED) is 0.626. The van der Waals surface area contributed by atoms with Crippen LogP contribution in [0.1, 0.15) is 50.5 Å². The van der Waals surface area contributed by atoms with Crippen molar-refractivity contribution in [3.8, 4) is 5.75 Å². The Bertz CT molecular complexity index is 735. The number of rotatable bonds is 7. The Hall–Kier alpha value is -1.56. The zero-order valence-corrected chi connectivity index (χ0v) is 18.0. The summed E-state index contributed by atoms with van der Waals surface area (Å²) >= 11 is 3.99. The van der Waals surface area contributed by atoms with Crippen LogP contribution in [0.15, 0.2) is 24.3 Å². The number of carbonyl (C=O) groups excluding carboxylic acids is 2. The summed E-state index contributed by atoms with van der Waals surface area (Å²) in [5.41, 5.74) is 1.13. The van der Waals surface area contributed by atoms with Crippen molar-refractivity contribution in [2.75, 3.05) is 13.7 Å². The Morgan fingerprint density at radius 1 is 1.07 bits per heavy atom. The first-order valence-corrected chi connectivity index (χ1v) is 11.0. The molecule has 2 unspecified atom stereocenters. The summed E-state index contributed by atoms with van der Waals surface area (Å²) in [6.07, 6.45) is 7.87. The molecule has 6 heteroatoms. The fourth-order valence-electron chi connectivity index (χ4n) is 6.13. The summed E-state index contributed by atoms with van der Waals surface area (Å²) in [6.45, 7) is 0.482. The van der Waals surface area contributed by atoms with Gasteiger partial charge in [0.15, 0.2) is 0 Å². The Morgan fingerprint density at radius 3 is 2.36 bits per heavy atom. The molecule has 4 fully saturated rings. The molecule has 1 aromatic carbocycles. The van der Waals surface area contributed by atoms with Gasteiger partial charge in [0.1, 0.15) is 5.75 Å². The van der Waals surface area contributed by atoms with Crippen molar-refractivity contribution in [1.82, 2.24) is 10.6 Å². The van der Waals surface area contributed by atoms with Gasteiger partial charge in [-0.05, 0) is 73.5 Å². The minimum absolute atomic E-state index is 0.0117. The predicted molar refractivity (Wildman–Crippen MR) is 111 cm³/mol. The van der Waals surface area contributed by atoms with Crippen molar-refractivity contribution in [1.29, 1.82) is 0 Å². The second-order valence-electron chi connectivity index (χ2n) is 9.19. The molecular weight excluding hydrogens is 420 g/mol. The van der Waals surface area contributed by atoms with E-state index >= 15 is 0 Å². The highest BCUT2D eigenvalue weighted by molar-refractivity contribution is 9.10. The highest BCUT2D eigenvalue weighted by Crippen LogP contribution is 2.65. The lowest BCUT2D eigenvalue weighted by molar-refractivity contribution is -0.131. The van der Waals surface area contributed by atoms with Crippen molar-refractivity contribution < 1.29 is 14.3 Å². The number of halogens is 1. The van der Waals surface area contributed by atoms with Crippen LogP contribution in [0.2, 0.25) is 0 Å². The van der Waals surface area contributed by atoms with Gasteiger partial charge in [0.05, 0.1) is 13.7 Å². The fraction of sp³-hybridized carbons (Fsp3) is 0.636. The summed E-state index contributed by atoms with van der Waals surface area (Å²) in [5, 5.41) is 5.69. The van der Waals surface area contributed by atoms with Gasteiger partial charge in [0.2, 0.25) is 11.8 Å². The third kappa shape index (κ3) is 4.37. The molecule has 0 spiro atoms. The molecule has 0 saturated heterocycles. The molecule has 4 aliphatic carbocycles. The van der Waals surface area contributed by atoms with E-state index in [9.17, 15) is 9.59 Å². The Kier molecular flexibility index (Phi) is 5.43. The molecule has 0 radical (unpaired) electrons. The van der Waals surface area contributed by atoms with Crippen molar-refractivity contribution >= 4 is 27.7 Å². The van der Waals surface area contributed by atoms with E-state index in [4.69, 9.17) is 4.74 Å². The maximum atomic E-state index is 12.6. The van der Waals surface area contributed by atoms with E-state index in [2.05, 4.69) is 26.6 Å². The van der Waals surface area contributed by atoms with Crippen LogP contribution < -0.4 is 15.4 Å². The Labute approximate surface area is 175 Å². The molecule has 2 atom stereocenters. The smallest absolute Gasteiger partial charge is 0.239 e. The molecule has 1 aromatic rings. The van der Waals surface area contributed by atoms with Gasteiger partial charge in [-0.25, -0.2) is 0 Å². The van der Waals surface area contributed by atoms with Gasteiger partial charge >= 0.3 is 0 Å². The number of methoxy groups -OCH3 is 1. The van der Waals surface area contributed by atoms with Crippen LogP contribution in [-0.2, 0) is 16.1 Å². The number of ether oxygens (including phenoxy) is 1. The van der Waals surface area contributed by atoms with E-state index in [0.717, 1.165) is 29.6 Å². The SMILES string of the molecule is COc1ccc(CNC(=O)CNC(=O)CC23CC4CC(CC(Br)(C4)C2)C3)cc1. The number of hydrogen-bond donors (Lipinski definition) is 2. The zero-order valence-electron chi connectivity index (χ0n) is 16.4. The first kappa shape index (κ1) is 19.7. The zero-order chi connectivity index (χ0) is 19.8. The number of benzene rings is 1. The van der Waals surface area contributed by atoms with Gasteiger partial charge < -0.3 is 15.4 Å². The average Bonchev–Trinajstić information content (AvgIpc) is 2.62. The van der Waals surface area contributed by atoms with Gasteiger partial charge in [-0.2, -0.15) is 0 Å². The van der Waals surface area contributed by atoms with Crippen molar-refractivity contribution in [2.45, 2.75) is 55.8 Å². The summed E-state index contributed by atoms with van der Waals surface area (Å²) < 4.78 is 5.38. The molecular formula is C22H29BrN2O3. The molecule has 152 valence electrons. The summed E-state index contributed by atoms with van der Waals surface area (Å²) in [4.78, 5) is 24.7. The highest BCUT2D eigenvalue weighted by Gasteiger charge is 2.57. The van der Waals surface area contributed by atoms with Crippen LogP contribution in [0.5, 0.6) is 5.75 Å². The minimum atomic E-state index is -0.161. The van der Waals surface area contributed by atoms with Crippen LogP contribution in [0.3, 0.4) is 0 Å². The number of amides is 2. The molecule has 2 N–H and O–H groups in total. The third-order valence-corrected chi connectivity index (χ3v) is 7.67. The monoisotopic (exact) mass is 448 g/mol. The summed E-state index contributed by atoms with van der Waals surface area (Å²) in [5.74, 6) is 2.17. The van der Waals surface area contributed by atoms with E-state index in [-0.39, 0.29) is 28.1 Å². The Balaban J connectivity index is 1.22. The lowest BCUT2D eigenvalue weighted by Crippen LogP contribution is -2.54. The van der Waals surface area contributed by atoms with Crippen molar-refractivity contribution in [3.05, 3.63) is 29.8 Å². The number of hydrogen-bond acceptors (Lipinski definition) is 3. The molecule has 0 aliphatic heterocycles. The fourth-order valence-corrected chi connectivity index (χ4v) is 7.64. The van der Waals surface area contributed by atoms with Gasteiger partial charge in [-0.15, -0.1) is 0 Å². The van der Waals surface area contributed by atoms with Gasteiger partial charge in [-0.3, -0.25) is 9.59 Å². The molecule has 2 amide bonds. The highest BCUT2D eigenvalue weighted by atomic mass is 79.9. The van der Waals surface area contributed by atoms with Crippen molar-refractivity contribution in [2.24, 2.45) is 17.3 Å². The van der Waals surface area contributed by atoms with Crippen LogP contribution in [0.25, 0.3) is 0 Å². The van der Waals surface area contributed by atoms with Gasteiger partial charge in [-0.1, -0.05) is 28.1 Å². The Morgan fingerprint density at radius 2 is 1.75 bits per heavy atom. The average molecular weight is 449 g/mol. The minimum Gasteiger partial charge on any atom is -0.497 e. The van der Waals surface area contributed by atoms with Crippen LogP contribution >= 0.6 is 15.9 Å². The molecule has 5 nitrogen and oxygen atoms in total. The first-order chi connectivity index (χ1) is 13.4. The van der Waals surface area contributed by atoms with E-state index in [1.165, 1.54) is 32.1 Å². The lowest BCUT2D eigenvalue weighted by Gasteiger charge is -2.60. The molecule has 0 heterocycles. The molecule has 5 rings (SSSR count). The maximum absolute atomic E-state index is 12.6. The molecule has 28 heavy (non-hydrogen) atoms. The van der Waals surface area contributed by atoms with Crippen molar-refractivity contribution in [3.63, 3.8) is 0 Å². The summed E-state index contributed by atoms with van der Waals surface area (Å²) in [7, 11) is 1.63. The van der Waals surface area contributed by atoms with E-state index in [0.29, 0.717) is 13.0 Å². The topological polar surface area (TPSA) is 67.4 Å². The van der Waals surface area contributed by atoms with Crippen LogP contribution in [-0.4, -0.2) is 29.8 Å². The summed E-state index contributed by atoms with van der Waals surface area (Å²) in [6, 6.07) is 7.57. The lowest BCUT2D eigenvalue weighted by atomic mass is 9.48. The molecule has 4 bridgehead atoms. The standard InChI is InChI=1S/C22H29BrN2O3/c1-28-18-4-2-15(3-5-18)12-24-20(27)13-25-19(26)11-21-7-16-6-17(8-21)10-22(23,9-16)14-21/h2-5,16-17H,6-14H2,1H3,(H,24,27)(H,25,26). The van der Waals surface area contributed by atoms with Crippen LogP contribution in [0.4, 0.5) is 0 Å². The molecule has 4 saturated carbocycles. The second-order valence-corrected chi connectivity index (χ2v) is 10.9. The maximum Gasteiger partial charge on any atom is 0.239 e. The van der Waals surface area contributed by atoms with E-state index in [1.807, 2.05) is 24.3 Å². The van der Waals surface area contributed by atoms with E-state index in [1.54, 1.807) is 7.11 Å². The second kappa shape index (κ2) is 7.69. The van der Waals surface area contributed by atoms with E-state index < -0.39 is 0 Å². The number of carbonyl (C=O) groups is 2. The largest absolute Gasteiger partial charge is 0.497 e. The first-order valence-electron chi connectivity index (χ1n) is 10.2.